The minimum absolute atomic E-state index is 0.0670. The first-order chi connectivity index (χ1) is 11.1. The Labute approximate surface area is 137 Å². The zero-order valence-electron chi connectivity index (χ0n) is 13.8. The van der Waals surface area contributed by atoms with Crippen molar-refractivity contribution < 1.29 is 14.3 Å². The van der Waals surface area contributed by atoms with Gasteiger partial charge in [-0.05, 0) is 56.9 Å². The molecule has 1 unspecified atom stereocenters. The van der Waals surface area contributed by atoms with Gasteiger partial charge in [-0.25, -0.2) is 4.79 Å². The maximum Gasteiger partial charge on any atom is 0.317 e. The van der Waals surface area contributed by atoms with Crippen LogP contribution < -0.4 is 5.32 Å². The monoisotopic (exact) mass is 321 g/mol. The maximum absolute atomic E-state index is 12.4. The van der Waals surface area contributed by atoms with Gasteiger partial charge in [0, 0.05) is 25.6 Å². The largest absolute Gasteiger partial charge is 0.467 e. The average molecular weight is 321 g/mol. The third-order valence-corrected chi connectivity index (χ3v) is 5.67. The molecular formula is C17H27N3O3. The number of carbonyl (C=O) groups excluding carboxylic acids is 1. The van der Waals surface area contributed by atoms with Crippen LogP contribution in [0.15, 0.2) is 22.8 Å². The molecule has 23 heavy (non-hydrogen) atoms. The molecule has 2 aliphatic heterocycles. The lowest BCUT2D eigenvalue weighted by Crippen LogP contribution is -2.55. The summed E-state index contributed by atoms with van der Waals surface area (Å²) in [4.78, 5) is 16.6. The Kier molecular flexibility index (Phi) is 4.92. The summed E-state index contributed by atoms with van der Waals surface area (Å²) in [6, 6.07) is 3.59. The minimum atomic E-state index is -0.0670. The molecule has 0 radical (unpaired) electrons. The van der Waals surface area contributed by atoms with Gasteiger partial charge >= 0.3 is 6.03 Å². The summed E-state index contributed by atoms with van der Waals surface area (Å²) in [6.45, 7) is 4.14. The van der Waals surface area contributed by atoms with E-state index in [0.29, 0.717) is 13.1 Å². The van der Waals surface area contributed by atoms with Gasteiger partial charge < -0.3 is 24.6 Å². The van der Waals surface area contributed by atoms with Crippen molar-refractivity contribution in [3.63, 3.8) is 0 Å². The quantitative estimate of drug-likeness (QED) is 0.885. The van der Waals surface area contributed by atoms with Gasteiger partial charge in [-0.1, -0.05) is 0 Å². The lowest BCUT2D eigenvalue weighted by atomic mass is 9.65. The van der Waals surface area contributed by atoms with E-state index in [0.717, 1.165) is 44.7 Å². The molecule has 2 saturated heterocycles. The Morgan fingerprint density at radius 2 is 2.13 bits per heavy atom. The van der Waals surface area contributed by atoms with Crippen molar-refractivity contribution in [2.45, 2.75) is 25.8 Å². The van der Waals surface area contributed by atoms with Crippen molar-refractivity contribution in [1.29, 1.82) is 0 Å². The van der Waals surface area contributed by atoms with Crippen LogP contribution in [0.1, 0.15) is 25.0 Å². The third-order valence-electron chi connectivity index (χ3n) is 5.67. The van der Waals surface area contributed by atoms with Gasteiger partial charge in [0.25, 0.3) is 0 Å². The summed E-state index contributed by atoms with van der Waals surface area (Å²) >= 11 is 0. The fourth-order valence-electron chi connectivity index (χ4n) is 3.96. The zero-order chi connectivity index (χ0) is 16.3. The lowest BCUT2D eigenvalue weighted by Gasteiger charge is -2.50. The van der Waals surface area contributed by atoms with Crippen molar-refractivity contribution >= 4 is 6.03 Å². The molecule has 0 aliphatic carbocycles. The second kappa shape index (κ2) is 6.93. The first-order valence-electron chi connectivity index (χ1n) is 8.47. The SMILES string of the molecule is CN1CCC2(CC1)CCN(C(=O)NCc1ccco1)CC2CO. The molecule has 2 N–H and O–H groups in total. The molecule has 0 bridgehead atoms. The number of rotatable bonds is 3. The van der Waals surface area contributed by atoms with Gasteiger partial charge in [-0.3, -0.25) is 0 Å². The molecule has 6 heteroatoms. The lowest BCUT2D eigenvalue weighted by molar-refractivity contribution is -0.0267. The highest BCUT2D eigenvalue weighted by molar-refractivity contribution is 5.74. The number of piperidine rings is 2. The molecule has 1 aromatic rings. The molecule has 1 aromatic heterocycles. The van der Waals surface area contributed by atoms with Crippen LogP contribution in [0, 0.1) is 11.3 Å². The second-order valence-corrected chi connectivity index (χ2v) is 6.98. The van der Waals surface area contributed by atoms with Crippen LogP contribution in [0.5, 0.6) is 0 Å². The number of nitrogens with one attached hydrogen (secondary N) is 1. The van der Waals surface area contributed by atoms with E-state index in [-0.39, 0.29) is 24.0 Å². The number of hydrogen-bond donors (Lipinski definition) is 2. The summed E-state index contributed by atoms with van der Waals surface area (Å²) < 4.78 is 5.24. The number of carbonyl (C=O) groups is 1. The third kappa shape index (κ3) is 3.53. The molecule has 6 nitrogen and oxygen atoms in total. The van der Waals surface area contributed by atoms with Crippen LogP contribution >= 0.6 is 0 Å². The van der Waals surface area contributed by atoms with E-state index < -0.39 is 0 Å². The predicted octanol–water partition coefficient (Wildman–Crippen LogP) is 1.52. The first-order valence-corrected chi connectivity index (χ1v) is 8.47. The van der Waals surface area contributed by atoms with E-state index >= 15 is 0 Å². The van der Waals surface area contributed by atoms with Crippen LogP contribution in [0.4, 0.5) is 4.79 Å². The number of nitrogens with zero attached hydrogens (tertiary/aromatic N) is 2. The van der Waals surface area contributed by atoms with Crippen molar-refractivity contribution in [3.8, 4) is 0 Å². The predicted molar refractivity (Wildman–Crippen MR) is 86.9 cm³/mol. The number of urea groups is 1. The number of furan rings is 1. The fourth-order valence-corrected chi connectivity index (χ4v) is 3.96. The second-order valence-electron chi connectivity index (χ2n) is 6.98. The summed E-state index contributed by atoms with van der Waals surface area (Å²) in [6.07, 6.45) is 4.83. The summed E-state index contributed by atoms with van der Waals surface area (Å²) in [5, 5.41) is 12.8. The Morgan fingerprint density at radius 3 is 2.78 bits per heavy atom. The van der Waals surface area contributed by atoms with Crippen LogP contribution in [-0.2, 0) is 6.54 Å². The first kappa shape index (κ1) is 16.3. The van der Waals surface area contributed by atoms with Crippen molar-refractivity contribution in [2.24, 2.45) is 11.3 Å². The summed E-state index contributed by atoms with van der Waals surface area (Å²) in [7, 11) is 2.15. The van der Waals surface area contributed by atoms with Gasteiger partial charge in [-0.2, -0.15) is 0 Å². The van der Waals surface area contributed by atoms with Gasteiger partial charge in [0.1, 0.15) is 5.76 Å². The van der Waals surface area contributed by atoms with Crippen molar-refractivity contribution in [2.75, 3.05) is 39.8 Å². The van der Waals surface area contributed by atoms with E-state index in [1.54, 1.807) is 6.26 Å². The van der Waals surface area contributed by atoms with E-state index in [9.17, 15) is 9.90 Å². The fraction of sp³-hybridized carbons (Fsp3) is 0.706. The van der Waals surface area contributed by atoms with Gasteiger partial charge in [0.05, 0.1) is 12.8 Å². The number of aliphatic hydroxyl groups excluding tert-OH is 1. The molecule has 128 valence electrons. The van der Waals surface area contributed by atoms with Crippen molar-refractivity contribution in [1.82, 2.24) is 15.1 Å². The molecule has 3 rings (SSSR count). The van der Waals surface area contributed by atoms with E-state index in [1.807, 2.05) is 17.0 Å². The smallest absolute Gasteiger partial charge is 0.317 e. The molecule has 2 aliphatic rings. The molecule has 1 atom stereocenters. The standard InChI is InChI=1S/C17H27N3O3/c1-19-7-4-17(5-8-19)6-9-20(12-14(17)13-21)16(22)18-11-15-3-2-10-23-15/h2-3,10,14,21H,4-9,11-13H2,1H3,(H,18,22). The van der Waals surface area contributed by atoms with E-state index in [2.05, 4.69) is 17.3 Å². The Bertz CT molecular complexity index is 509. The molecule has 2 amide bonds. The highest BCUT2D eigenvalue weighted by Crippen LogP contribution is 2.44. The van der Waals surface area contributed by atoms with Gasteiger partial charge in [0.2, 0.25) is 0 Å². The van der Waals surface area contributed by atoms with Gasteiger partial charge in [-0.15, -0.1) is 0 Å². The molecule has 1 spiro atoms. The van der Waals surface area contributed by atoms with Crippen LogP contribution in [0.3, 0.4) is 0 Å². The number of amides is 2. The van der Waals surface area contributed by atoms with E-state index in [4.69, 9.17) is 4.42 Å². The summed E-state index contributed by atoms with van der Waals surface area (Å²) in [5.41, 5.74) is 0.207. The minimum Gasteiger partial charge on any atom is -0.467 e. The van der Waals surface area contributed by atoms with Crippen LogP contribution in [-0.4, -0.2) is 60.8 Å². The zero-order valence-corrected chi connectivity index (χ0v) is 13.8. The highest BCUT2D eigenvalue weighted by atomic mass is 16.3. The normalized spacial score (nSPS) is 24.8. The van der Waals surface area contributed by atoms with Gasteiger partial charge in [0.15, 0.2) is 0 Å². The highest BCUT2D eigenvalue weighted by Gasteiger charge is 2.44. The molecule has 2 fully saturated rings. The number of aliphatic hydroxyl groups is 1. The average Bonchev–Trinajstić information content (AvgIpc) is 3.09. The molecule has 3 heterocycles. The molecule has 0 aromatic carbocycles. The van der Waals surface area contributed by atoms with Crippen molar-refractivity contribution in [3.05, 3.63) is 24.2 Å². The Balaban J connectivity index is 1.56. The van der Waals surface area contributed by atoms with E-state index in [1.165, 1.54) is 0 Å². The maximum atomic E-state index is 12.4. The van der Waals surface area contributed by atoms with Crippen LogP contribution in [0.25, 0.3) is 0 Å². The number of hydrogen-bond acceptors (Lipinski definition) is 4. The molecular weight excluding hydrogens is 294 g/mol. The molecule has 0 saturated carbocycles. The Morgan fingerprint density at radius 1 is 1.39 bits per heavy atom. The summed E-state index contributed by atoms with van der Waals surface area (Å²) in [5.74, 6) is 0.931. The number of likely N-dealkylation sites (tertiary alicyclic amines) is 2. The van der Waals surface area contributed by atoms with Crippen LogP contribution in [0.2, 0.25) is 0 Å². The topological polar surface area (TPSA) is 69.0 Å². The Hall–Kier alpha value is -1.53.